The molecule has 134 valence electrons. The number of primary amides is 1. The predicted molar refractivity (Wildman–Crippen MR) is 101 cm³/mol. The maximum atomic E-state index is 12.8. The average molecular weight is 379 g/mol. The van der Waals surface area contributed by atoms with E-state index in [4.69, 9.17) is 5.73 Å². The molecule has 1 aromatic carbocycles. The molecule has 0 spiro atoms. The lowest BCUT2D eigenvalue weighted by Crippen LogP contribution is -2.20. The fourth-order valence-corrected chi connectivity index (χ4v) is 6.31. The van der Waals surface area contributed by atoms with Crippen LogP contribution in [0.2, 0.25) is 0 Å². The van der Waals surface area contributed by atoms with E-state index < -0.39 is 15.9 Å². The van der Waals surface area contributed by atoms with Gasteiger partial charge in [0.15, 0.2) is 0 Å². The number of carbonyl (C=O) groups excluding carboxylic acids is 1. The van der Waals surface area contributed by atoms with Gasteiger partial charge in [-0.1, -0.05) is 24.6 Å². The molecule has 1 aromatic heterocycles. The van der Waals surface area contributed by atoms with E-state index in [1.54, 1.807) is 19.1 Å². The minimum absolute atomic E-state index is 0.216. The number of anilines is 1. The van der Waals surface area contributed by atoms with Crippen molar-refractivity contribution < 1.29 is 13.2 Å². The van der Waals surface area contributed by atoms with Crippen molar-refractivity contribution in [3.8, 4) is 0 Å². The van der Waals surface area contributed by atoms with Crippen molar-refractivity contribution in [2.75, 3.05) is 4.72 Å². The third-order valence-corrected chi connectivity index (χ3v) is 7.41. The second-order valence-corrected chi connectivity index (χ2v) is 9.55. The number of carbonyl (C=O) groups is 1. The van der Waals surface area contributed by atoms with Crippen LogP contribution in [-0.2, 0) is 22.9 Å². The van der Waals surface area contributed by atoms with Gasteiger partial charge in [0.05, 0.1) is 10.5 Å². The molecule has 0 radical (unpaired) electrons. The van der Waals surface area contributed by atoms with Crippen LogP contribution in [0.25, 0.3) is 0 Å². The van der Waals surface area contributed by atoms with E-state index in [1.165, 1.54) is 11.3 Å². The Hall–Kier alpha value is -1.86. The van der Waals surface area contributed by atoms with Gasteiger partial charge in [0.25, 0.3) is 15.9 Å². The lowest BCUT2D eigenvalue weighted by molar-refractivity contribution is 0.100. The SMILES string of the molecule is Cc1ccc(S(=O)(=O)Nc2sc3c(c2C(N)=O)CC[C@@H](C)C3)c(C)c1. The first-order chi connectivity index (χ1) is 11.7. The number of rotatable bonds is 4. The summed E-state index contributed by atoms with van der Waals surface area (Å²) in [6.07, 6.45) is 2.59. The molecular weight excluding hydrogens is 356 g/mol. The number of hydrogen-bond donors (Lipinski definition) is 2. The van der Waals surface area contributed by atoms with E-state index in [1.807, 2.05) is 13.0 Å². The topological polar surface area (TPSA) is 89.3 Å². The van der Waals surface area contributed by atoms with Gasteiger partial charge in [0.2, 0.25) is 0 Å². The second kappa shape index (κ2) is 6.46. The summed E-state index contributed by atoms with van der Waals surface area (Å²) in [5.74, 6) is -0.0546. The Bertz CT molecular complexity index is 945. The van der Waals surface area contributed by atoms with Crippen molar-refractivity contribution in [2.45, 2.75) is 44.9 Å². The molecule has 0 saturated heterocycles. The molecule has 1 aliphatic rings. The molecule has 0 saturated carbocycles. The Morgan fingerprint density at radius 2 is 2.04 bits per heavy atom. The minimum Gasteiger partial charge on any atom is -0.365 e. The molecule has 1 heterocycles. The Morgan fingerprint density at radius 3 is 2.68 bits per heavy atom. The standard InChI is InChI=1S/C18H22N2O3S2/c1-10-5-7-15(12(3)8-10)25(22,23)20-18-16(17(19)21)13-6-4-11(2)9-14(13)24-18/h5,7-8,11,20H,4,6,9H2,1-3H3,(H2,19,21)/t11-/m1/s1. The van der Waals surface area contributed by atoms with Gasteiger partial charge in [-0.15, -0.1) is 11.3 Å². The quantitative estimate of drug-likeness (QED) is 0.854. The summed E-state index contributed by atoms with van der Waals surface area (Å²) in [6.45, 7) is 5.83. The summed E-state index contributed by atoms with van der Waals surface area (Å²) in [6, 6.07) is 5.18. The van der Waals surface area contributed by atoms with E-state index in [0.29, 0.717) is 22.0 Å². The molecule has 0 unspecified atom stereocenters. The number of fused-ring (bicyclic) bond motifs is 1. The third kappa shape index (κ3) is 3.43. The normalized spacial score (nSPS) is 17.2. The summed E-state index contributed by atoms with van der Waals surface area (Å²) in [5, 5.41) is 0.339. The molecule has 5 nitrogen and oxygen atoms in total. The van der Waals surface area contributed by atoms with Crippen LogP contribution in [-0.4, -0.2) is 14.3 Å². The van der Waals surface area contributed by atoms with Crippen LogP contribution in [0.3, 0.4) is 0 Å². The molecule has 25 heavy (non-hydrogen) atoms. The molecule has 1 aliphatic carbocycles. The number of aryl methyl sites for hydroxylation is 2. The van der Waals surface area contributed by atoms with Gasteiger partial charge in [-0.3, -0.25) is 9.52 Å². The van der Waals surface area contributed by atoms with Crippen LogP contribution >= 0.6 is 11.3 Å². The van der Waals surface area contributed by atoms with Crippen molar-refractivity contribution in [3.63, 3.8) is 0 Å². The predicted octanol–water partition coefficient (Wildman–Crippen LogP) is 3.39. The van der Waals surface area contributed by atoms with Crippen molar-refractivity contribution in [3.05, 3.63) is 45.3 Å². The maximum absolute atomic E-state index is 12.8. The number of hydrogen-bond acceptors (Lipinski definition) is 4. The van der Waals surface area contributed by atoms with Gasteiger partial charge in [0.1, 0.15) is 5.00 Å². The van der Waals surface area contributed by atoms with E-state index in [9.17, 15) is 13.2 Å². The minimum atomic E-state index is -3.78. The highest BCUT2D eigenvalue weighted by atomic mass is 32.2. The second-order valence-electron chi connectivity index (χ2n) is 6.79. The molecular formula is C18H22N2O3S2. The summed E-state index contributed by atoms with van der Waals surface area (Å²) >= 11 is 1.33. The smallest absolute Gasteiger partial charge is 0.262 e. The summed E-state index contributed by atoms with van der Waals surface area (Å²) in [4.78, 5) is 13.2. The van der Waals surface area contributed by atoms with Gasteiger partial charge in [-0.25, -0.2) is 8.42 Å². The zero-order valence-electron chi connectivity index (χ0n) is 14.5. The number of sulfonamides is 1. The first-order valence-corrected chi connectivity index (χ1v) is 10.5. The molecule has 3 N–H and O–H groups in total. The van der Waals surface area contributed by atoms with E-state index >= 15 is 0 Å². The third-order valence-electron chi connectivity index (χ3n) is 4.61. The molecule has 1 amide bonds. The largest absolute Gasteiger partial charge is 0.365 e. The van der Waals surface area contributed by atoms with Crippen molar-refractivity contribution in [1.29, 1.82) is 0 Å². The van der Waals surface area contributed by atoms with E-state index in [0.717, 1.165) is 35.3 Å². The van der Waals surface area contributed by atoms with Crippen molar-refractivity contribution >= 4 is 32.3 Å². The first kappa shape index (κ1) is 17.9. The number of nitrogens with two attached hydrogens (primary N) is 1. The average Bonchev–Trinajstić information content (AvgIpc) is 2.82. The molecule has 0 aliphatic heterocycles. The Balaban J connectivity index is 2.04. The first-order valence-electron chi connectivity index (χ1n) is 8.23. The number of thiophene rings is 1. The van der Waals surface area contributed by atoms with Crippen LogP contribution in [0.15, 0.2) is 23.1 Å². The zero-order valence-corrected chi connectivity index (χ0v) is 16.2. The fraction of sp³-hybridized carbons (Fsp3) is 0.389. The van der Waals surface area contributed by atoms with Gasteiger partial charge in [-0.05, 0) is 56.2 Å². The molecule has 2 aromatic rings. The lowest BCUT2D eigenvalue weighted by atomic mass is 9.88. The molecule has 7 heteroatoms. The molecule has 0 fully saturated rings. The van der Waals surface area contributed by atoms with Crippen LogP contribution in [0.4, 0.5) is 5.00 Å². The van der Waals surface area contributed by atoms with Crippen molar-refractivity contribution in [1.82, 2.24) is 0 Å². The van der Waals surface area contributed by atoms with Gasteiger partial charge < -0.3 is 5.73 Å². The van der Waals surface area contributed by atoms with Crippen LogP contribution in [0, 0.1) is 19.8 Å². The fourth-order valence-electron chi connectivity index (χ4n) is 3.36. The van der Waals surface area contributed by atoms with E-state index in [-0.39, 0.29) is 4.90 Å². The molecule has 1 atom stereocenters. The van der Waals surface area contributed by atoms with Gasteiger partial charge in [-0.2, -0.15) is 0 Å². The maximum Gasteiger partial charge on any atom is 0.262 e. The number of nitrogens with one attached hydrogen (secondary N) is 1. The Kier molecular flexibility index (Phi) is 4.64. The van der Waals surface area contributed by atoms with Gasteiger partial charge >= 0.3 is 0 Å². The van der Waals surface area contributed by atoms with Gasteiger partial charge in [0, 0.05) is 4.88 Å². The number of benzene rings is 1. The summed E-state index contributed by atoms with van der Waals surface area (Å²) in [7, 11) is -3.78. The molecule has 3 rings (SSSR count). The monoisotopic (exact) mass is 378 g/mol. The summed E-state index contributed by atoms with van der Waals surface area (Å²) < 4.78 is 28.3. The Morgan fingerprint density at radius 1 is 1.32 bits per heavy atom. The van der Waals surface area contributed by atoms with Crippen LogP contribution in [0.1, 0.15) is 45.3 Å². The van der Waals surface area contributed by atoms with Crippen molar-refractivity contribution in [2.24, 2.45) is 11.7 Å². The van der Waals surface area contributed by atoms with Crippen LogP contribution < -0.4 is 10.5 Å². The van der Waals surface area contributed by atoms with E-state index in [2.05, 4.69) is 11.6 Å². The lowest BCUT2D eigenvalue weighted by Gasteiger charge is -2.18. The summed E-state index contributed by atoms with van der Waals surface area (Å²) in [5.41, 5.74) is 8.47. The van der Waals surface area contributed by atoms with Crippen LogP contribution in [0.5, 0.6) is 0 Å². The molecule has 0 bridgehead atoms. The zero-order chi connectivity index (χ0) is 18.4. The highest BCUT2D eigenvalue weighted by molar-refractivity contribution is 7.93. The highest BCUT2D eigenvalue weighted by Gasteiger charge is 2.29. The highest BCUT2D eigenvalue weighted by Crippen LogP contribution is 2.40. The number of amides is 1. The Labute approximate surface area is 152 Å².